The van der Waals surface area contributed by atoms with Crippen LogP contribution in [0.25, 0.3) is 0 Å². The number of carbonyl (C=O) groups excluding carboxylic acids is 2. The number of amidine groups is 1. The van der Waals surface area contributed by atoms with E-state index in [9.17, 15) is 9.59 Å². The average Bonchev–Trinajstić information content (AvgIpc) is 3.60. The molecule has 10 nitrogen and oxygen atoms in total. The third kappa shape index (κ3) is 7.75. The maximum atomic E-state index is 14.7. The van der Waals surface area contributed by atoms with Gasteiger partial charge in [-0.2, -0.15) is 5.21 Å². The zero-order valence-corrected chi connectivity index (χ0v) is 28.5. The second-order valence-electron chi connectivity index (χ2n) is 16.0. The Labute approximate surface area is 269 Å². The molecule has 246 valence electrons. The van der Waals surface area contributed by atoms with E-state index in [0.717, 1.165) is 70.0 Å². The normalized spacial score (nSPS) is 25.0. The number of hydrogen-bond acceptors (Lipinski definition) is 7. The number of hydrogen-bond donors (Lipinski definition) is 2. The van der Waals surface area contributed by atoms with Gasteiger partial charge in [0.1, 0.15) is 5.66 Å². The zero-order valence-electron chi connectivity index (χ0n) is 28.5. The van der Waals surface area contributed by atoms with E-state index in [1.165, 1.54) is 6.42 Å². The Kier molecular flexibility index (Phi) is 9.70. The average molecular weight is 619 g/mol. The summed E-state index contributed by atoms with van der Waals surface area (Å²) in [4.78, 5) is 37.5. The lowest BCUT2D eigenvalue weighted by Crippen LogP contribution is -2.52. The smallest absolute Gasteiger partial charge is 0.291 e. The molecular weight excluding hydrogens is 564 g/mol. The van der Waals surface area contributed by atoms with Crippen LogP contribution in [0.5, 0.6) is 0 Å². The maximum Gasteiger partial charge on any atom is 0.291 e. The number of benzene rings is 1. The minimum atomic E-state index is -0.526. The van der Waals surface area contributed by atoms with Crippen LogP contribution in [0.3, 0.4) is 0 Å². The number of tetrazole rings is 1. The first-order valence-electron chi connectivity index (χ1n) is 17.0. The minimum Gasteiger partial charge on any atom is -0.352 e. The lowest BCUT2D eigenvalue weighted by atomic mass is 9.69. The van der Waals surface area contributed by atoms with Crippen LogP contribution < -0.4 is 5.32 Å². The summed E-state index contributed by atoms with van der Waals surface area (Å²) in [5.41, 5.74) is 1.53. The highest BCUT2D eigenvalue weighted by Crippen LogP contribution is 2.50. The Hall–Kier alpha value is -3.30. The van der Waals surface area contributed by atoms with Gasteiger partial charge in [-0.15, -0.1) is 10.2 Å². The van der Waals surface area contributed by atoms with E-state index in [1.807, 2.05) is 24.3 Å². The summed E-state index contributed by atoms with van der Waals surface area (Å²) in [6.07, 6.45) is 9.13. The molecule has 2 aromatic rings. The Balaban J connectivity index is 1.45. The van der Waals surface area contributed by atoms with Crippen LogP contribution in [0.15, 0.2) is 29.3 Å². The topological polar surface area (TPSA) is 119 Å². The molecule has 2 atom stereocenters. The Bertz CT molecular complexity index is 1330. The van der Waals surface area contributed by atoms with Gasteiger partial charge in [0.25, 0.3) is 11.8 Å². The van der Waals surface area contributed by atoms with E-state index in [-0.39, 0.29) is 35.2 Å². The largest absolute Gasteiger partial charge is 0.352 e. The fraction of sp³-hybridized carbons (Fsp3) is 0.714. The van der Waals surface area contributed by atoms with Crippen molar-refractivity contribution in [1.29, 1.82) is 0 Å². The predicted molar refractivity (Wildman–Crippen MR) is 176 cm³/mol. The van der Waals surface area contributed by atoms with Gasteiger partial charge in [-0.1, -0.05) is 72.2 Å². The minimum absolute atomic E-state index is 0.0843. The molecule has 1 aliphatic carbocycles. The number of amides is 2. The zero-order chi connectivity index (χ0) is 32.4. The predicted octanol–water partition coefficient (Wildman–Crippen LogP) is 6.29. The SMILES string of the molecule is CC1CCCN(C2=NC3(CCC(C(C)(C)C)CC3)N([C@H](CCCC(C)(C)C)c3ccc(C(=O)NCc4nn[nH]n4)cc3)C2=O)C1. The molecule has 1 saturated heterocycles. The van der Waals surface area contributed by atoms with Crippen molar-refractivity contribution < 1.29 is 9.59 Å². The molecule has 1 aromatic carbocycles. The van der Waals surface area contributed by atoms with E-state index >= 15 is 0 Å². The first-order valence-corrected chi connectivity index (χ1v) is 17.0. The quantitative estimate of drug-likeness (QED) is 0.359. The van der Waals surface area contributed by atoms with Gasteiger partial charge in [0.2, 0.25) is 0 Å². The number of carbonyl (C=O) groups is 2. The van der Waals surface area contributed by atoms with E-state index in [2.05, 4.69) is 84.2 Å². The molecule has 0 bridgehead atoms. The van der Waals surface area contributed by atoms with Gasteiger partial charge in [0.15, 0.2) is 11.7 Å². The number of likely N-dealkylation sites (tertiary alicyclic amines) is 1. The van der Waals surface area contributed by atoms with Gasteiger partial charge < -0.3 is 15.1 Å². The molecule has 1 aromatic heterocycles. The van der Waals surface area contributed by atoms with E-state index in [4.69, 9.17) is 4.99 Å². The van der Waals surface area contributed by atoms with Crippen LogP contribution >= 0.6 is 0 Å². The van der Waals surface area contributed by atoms with Crippen LogP contribution in [-0.4, -0.2) is 66.8 Å². The molecular formula is C35H54N8O2. The van der Waals surface area contributed by atoms with Crippen LogP contribution in [-0.2, 0) is 11.3 Å². The van der Waals surface area contributed by atoms with Crippen molar-refractivity contribution in [3.05, 3.63) is 41.2 Å². The molecule has 0 radical (unpaired) electrons. The number of nitrogens with one attached hydrogen (secondary N) is 2. The first kappa shape index (κ1) is 33.1. The fourth-order valence-corrected chi connectivity index (χ4v) is 7.56. The van der Waals surface area contributed by atoms with Gasteiger partial charge >= 0.3 is 0 Å². The molecule has 1 spiro atoms. The third-order valence-electron chi connectivity index (χ3n) is 10.2. The number of H-pyrrole nitrogens is 1. The molecule has 45 heavy (non-hydrogen) atoms. The highest BCUT2D eigenvalue weighted by Gasteiger charge is 2.53. The number of aromatic amines is 1. The number of nitrogens with zero attached hydrogens (tertiary/aromatic N) is 6. The molecule has 5 rings (SSSR count). The number of aromatic nitrogens is 4. The van der Waals surface area contributed by atoms with Crippen LogP contribution in [0.2, 0.25) is 0 Å². The monoisotopic (exact) mass is 618 g/mol. The second kappa shape index (κ2) is 13.2. The van der Waals surface area contributed by atoms with Crippen LogP contribution in [0, 0.1) is 22.7 Å². The first-order chi connectivity index (χ1) is 21.3. The highest BCUT2D eigenvalue weighted by atomic mass is 16.2. The van der Waals surface area contributed by atoms with E-state index in [0.29, 0.717) is 29.1 Å². The number of piperidine rings is 1. The Morgan fingerprint density at radius 3 is 2.40 bits per heavy atom. The molecule has 2 amide bonds. The van der Waals surface area contributed by atoms with Crippen molar-refractivity contribution >= 4 is 17.6 Å². The Morgan fingerprint density at radius 2 is 1.80 bits per heavy atom. The lowest BCUT2D eigenvalue weighted by molar-refractivity contribution is -0.134. The van der Waals surface area contributed by atoms with E-state index in [1.54, 1.807) is 0 Å². The molecule has 3 aliphatic rings. The summed E-state index contributed by atoms with van der Waals surface area (Å²) >= 11 is 0. The second-order valence-corrected chi connectivity index (χ2v) is 16.0. The van der Waals surface area contributed by atoms with Crippen molar-refractivity contribution in [3.63, 3.8) is 0 Å². The van der Waals surface area contributed by atoms with Gasteiger partial charge in [0, 0.05) is 18.7 Å². The summed E-state index contributed by atoms with van der Waals surface area (Å²) < 4.78 is 0. The van der Waals surface area contributed by atoms with Gasteiger partial charge in [0.05, 0.1) is 12.6 Å². The lowest BCUT2D eigenvalue weighted by Gasteiger charge is -2.47. The summed E-state index contributed by atoms with van der Waals surface area (Å²) in [7, 11) is 0. The summed E-state index contributed by atoms with van der Waals surface area (Å²) in [5, 5.41) is 16.6. The molecule has 1 saturated carbocycles. The van der Waals surface area contributed by atoms with Gasteiger partial charge in [-0.25, -0.2) is 4.99 Å². The molecule has 10 heteroatoms. The van der Waals surface area contributed by atoms with Crippen molar-refractivity contribution in [3.8, 4) is 0 Å². The van der Waals surface area contributed by atoms with Crippen LogP contribution in [0.4, 0.5) is 0 Å². The summed E-state index contributed by atoms with van der Waals surface area (Å²) in [6.45, 7) is 18.1. The standard InChI is InChI=1S/C35H54N8O2/c1-24-10-9-21-42(23-24)30-32(45)43(35(37-30)19-16-27(17-20-35)34(5,6)7)28(11-8-18-33(2,3)4)25-12-14-26(15-13-25)31(44)36-22-29-38-40-41-39-29/h12-15,24,27-28H,8-11,16-23H2,1-7H3,(H,36,44)(H,38,39,40,41)/t24?,27?,28-,35?/m1/s1. The fourth-order valence-electron chi connectivity index (χ4n) is 7.56. The molecule has 1 unspecified atom stereocenters. The molecule has 2 fully saturated rings. The Morgan fingerprint density at radius 1 is 1.09 bits per heavy atom. The van der Waals surface area contributed by atoms with Gasteiger partial charge in [-0.3, -0.25) is 9.59 Å². The van der Waals surface area contributed by atoms with Crippen LogP contribution in [0.1, 0.15) is 134 Å². The highest BCUT2D eigenvalue weighted by molar-refractivity contribution is 6.39. The van der Waals surface area contributed by atoms with Crippen molar-refractivity contribution in [2.24, 2.45) is 27.7 Å². The maximum absolute atomic E-state index is 14.7. The van der Waals surface area contributed by atoms with Crippen molar-refractivity contribution in [2.75, 3.05) is 13.1 Å². The molecule has 3 heterocycles. The van der Waals surface area contributed by atoms with E-state index < -0.39 is 5.66 Å². The number of aliphatic imine (C=N–C) groups is 1. The van der Waals surface area contributed by atoms with Crippen molar-refractivity contribution in [2.45, 2.75) is 125 Å². The van der Waals surface area contributed by atoms with Gasteiger partial charge in [-0.05, 0) is 91.7 Å². The third-order valence-corrected chi connectivity index (χ3v) is 10.2. The number of rotatable bonds is 8. The summed E-state index contributed by atoms with van der Waals surface area (Å²) in [6, 6.07) is 7.69. The molecule has 2 aliphatic heterocycles. The summed E-state index contributed by atoms with van der Waals surface area (Å²) in [5.74, 6) is 2.15. The van der Waals surface area contributed by atoms with Crippen molar-refractivity contribution in [1.82, 2.24) is 35.7 Å². The molecule has 2 N–H and O–H groups in total.